The van der Waals surface area contributed by atoms with E-state index in [9.17, 15) is 14.4 Å². The molecule has 26 heavy (non-hydrogen) atoms. The Kier molecular flexibility index (Phi) is 4.75. The lowest BCUT2D eigenvalue weighted by Crippen LogP contribution is -2.98. The number of fused-ring (bicyclic) bond motifs is 1. The molecule has 0 bridgehead atoms. The molecule has 2 aliphatic heterocycles. The average molecular weight is 361 g/mol. The number of nitrogens with zero attached hydrogens (tertiary/aromatic N) is 1. The first-order chi connectivity index (χ1) is 12.4. The molecule has 1 aromatic carbocycles. The Labute approximate surface area is 152 Å². The van der Waals surface area contributed by atoms with Crippen molar-refractivity contribution in [3.05, 3.63) is 29.8 Å². The molecule has 4 atom stereocenters. The topological polar surface area (TPSA) is 89.5 Å². The Morgan fingerprint density at radius 1 is 1.19 bits per heavy atom. The van der Waals surface area contributed by atoms with Crippen molar-refractivity contribution in [1.82, 2.24) is 4.90 Å². The summed E-state index contributed by atoms with van der Waals surface area (Å²) in [4.78, 5) is 39.6. The summed E-state index contributed by atoms with van der Waals surface area (Å²) < 4.78 is 10.5. The van der Waals surface area contributed by atoms with Crippen molar-refractivity contribution in [2.75, 3.05) is 20.8 Å². The highest BCUT2D eigenvalue weighted by molar-refractivity contribution is 6.08. The van der Waals surface area contributed by atoms with Gasteiger partial charge in [-0.15, -0.1) is 0 Å². The predicted molar refractivity (Wildman–Crippen MR) is 92.1 cm³/mol. The van der Waals surface area contributed by atoms with Crippen molar-refractivity contribution in [2.45, 2.75) is 31.8 Å². The van der Waals surface area contributed by atoms with Crippen LogP contribution in [0.15, 0.2) is 24.3 Å². The lowest BCUT2D eigenvalue weighted by Gasteiger charge is -2.28. The molecule has 2 N–H and O–H groups in total. The van der Waals surface area contributed by atoms with Gasteiger partial charge in [-0.1, -0.05) is 6.92 Å². The van der Waals surface area contributed by atoms with Crippen LogP contribution >= 0.6 is 0 Å². The summed E-state index contributed by atoms with van der Waals surface area (Å²) in [6.07, 6.45) is 0.409. The van der Waals surface area contributed by atoms with Gasteiger partial charge in [0, 0.05) is 19.0 Å². The van der Waals surface area contributed by atoms with Crippen LogP contribution in [0.3, 0.4) is 0 Å². The van der Waals surface area contributed by atoms with Gasteiger partial charge in [-0.3, -0.25) is 14.5 Å². The van der Waals surface area contributed by atoms with E-state index in [1.807, 2.05) is 36.5 Å². The molecule has 0 aliphatic carbocycles. The van der Waals surface area contributed by atoms with E-state index in [2.05, 4.69) is 0 Å². The fourth-order valence-corrected chi connectivity index (χ4v) is 4.34. The first kappa shape index (κ1) is 18.4. The molecule has 7 heteroatoms. The summed E-state index contributed by atoms with van der Waals surface area (Å²) in [5, 5.41) is 1.87. The van der Waals surface area contributed by atoms with Crippen molar-refractivity contribution >= 4 is 17.8 Å². The van der Waals surface area contributed by atoms with Crippen LogP contribution in [0.4, 0.5) is 0 Å². The zero-order chi connectivity index (χ0) is 19.1. The minimum absolute atomic E-state index is 0.233. The largest absolute Gasteiger partial charge is 0.497 e. The summed E-state index contributed by atoms with van der Waals surface area (Å²) in [6.45, 7) is 3.83. The Bertz CT molecular complexity index is 732. The van der Waals surface area contributed by atoms with E-state index in [0.29, 0.717) is 12.2 Å². The third-order valence-electron chi connectivity index (χ3n) is 5.73. The van der Waals surface area contributed by atoms with Gasteiger partial charge in [0.05, 0.1) is 13.7 Å². The van der Waals surface area contributed by atoms with Crippen LogP contribution in [0.1, 0.15) is 31.9 Å². The molecule has 3 rings (SSSR count). The van der Waals surface area contributed by atoms with E-state index in [-0.39, 0.29) is 24.5 Å². The van der Waals surface area contributed by atoms with Crippen LogP contribution in [0.25, 0.3) is 0 Å². The van der Waals surface area contributed by atoms with Gasteiger partial charge in [-0.05, 0) is 31.2 Å². The maximum Gasteiger partial charge on any atom is 0.368 e. The highest BCUT2D eigenvalue weighted by Gasteiger charge is 2.71. The molecule has 0 unspecified atom stereocenters. The van der Waals surface area contributed by atoms with Crippen LogP contribution in [-0.4, -0.2) is 49.0 Å². The number of carbonyl (C=O) groups excluding carboxylic acids is 3. The maximum absolute atomic E-state index is 12.8. The minimum atomic E-state index is -1.08. The first-order valence-electron chi connectivity index (χ1n) is 8.89. The highest BCUT2D eigenvalue weighted by Crippen LogP contribution is 2.45. The molecule has 0 radical (unpaired) electrons. The number of esters is 1. The molecular formula is C19H25N2O5+. The van der Waals surface area contributed by atoms with Gasteiger partial charge in [-0.2, -0.15) is 0 Å². The van der Waals surface area contributed by atoms with E-state index < -0.39 is 23.3 Å². The van der Waals surface area contributed by atoms with Crippen molar-refractivity contribution in [3.8, 4) is 5.75 Å². The van der Waals surface area contributed by atoms with Gasteiger partial charge in [0.1, 0.15) is 23.6 Å². The van der Waals surface area contributed by atoms with Gasteiger partial charge in [0.25, 0.3) is 0 Å². The number of benzene rings is 1. The number of rotatable bonds is 5. The van der Waals surface area contributed by atoms with Gasteiger partial charge >= 0.3 is 5.97 Å². The smallest absolute Gasteiger partial charge is 0.368 e. The predicted octanol–water partition coefficient (Wildman–Crippen LogP) is 0.256. The second-order valence-electron chi connectivity index (χ2n) is 6.82. The van der Waals surface area contributed by atoms with Crippen molar-refractivity contribution in [1.29, 1.82) is 0 Å². The molecule has 0 spiro atoms. The lowest BCUT2D eigenvalue weighted by atomic mass is 9.78. The SMILES string of the molecule is CCOC(=O)[C@]1(CC)[NH2+][C@@H](c2ccc(OC)cc2)[C@H]2C(=O)N(C)C(=O)[C@@H]21. The van der Waals surface area contributed by atoms with E-state index in [1.54, 1.807) is 14.0 Å². The zero-order valence-electron chi connectivity index (χ0n) is 15.5. The molecule has 2 aliphatic rings. The molecule has 140 valence electrons. The quantitative estimate of drug-likeness (QED) is 0.600. The third kappa shape index (κ3) is 2.49. The molecule has 1 aromatic rings. The third-order valence-corrected chi connectivity index (χ3v) is 5.73. The summed E-state index contributed by atoms with van der Waals surface area (Å²) in [5.41, 5.74) is -0.195. The Morgan fingerprint density at radius 2 is 1.85 bits per heavy atom. The number of hydrogen-bond donors (Lipinski definition) is 1. The Hall–Kier alpha value is -2.41. The summed E-state index contributed by atoms with van der Waals surface area (Å²) in [6, 6.07) is 7.07. The molecule has 2 saturated heterocycles. The van der Waals surface area contributed by atoms with Crippen LogP contribution in [0, 0.1) is 11.8 Å². The van der Waals surface area contributed by atoms with E-state index >= 15 is 0 Å². The van der Waals surface area contributed by atoms with Crippen LogP contribution in [-0.2, 0) is 19.1 Å². The van der Waals surface area contributed by atoms with Gasteiger partial charge < -0.3 is 14.8 Å². The van der Waals surface area contributed by atoms with Gasteiger partial charge in [0.2, 0.25) is 17.4 Å². The number of ether oxygens (including phenoxy) is 2. The van der Waals surface area contributed by atoms with Crippen molar-refractivity contribution in [3.63, 3.8) is 0 Å². The van der Waals surface area contributed by atoms with Crippen LogP contribution in [0.5, 0.6) is 5.75 Å². The summed E-state index contributed by atoms with van der Waals surface area (Å²) in [7, 11) is 3.07. The van der Waals surface area contributed by atoms with Crippen LogP contribution in [0.2, 0.25) is 0 Å². The second kappa shape index (κ2) is 6.72. The number of likely N-dealkylation sites (tertiary alicyclic amines) is 1. The molecule has 7 nitrogen and oxygen atoms in total. The number of quaternary nitrogens is 1. The van der Waals surface area contributed by atoms with Gasteiger partial charge in [0.15, 0.2) is 0 Å². The normalized spacial score (nSPS) is 30.5. The van der Waals surface area contributed by atoms with Gasteiger partial charge in [-0.25, -0.2) is 4.79 Å². The fourth-order valence-electron chi connectivity index (χ4n) is 4.34. The van der Waals surface area contributed by atoms with E-state index in [1.165, 1.54) is 7.05 Å². The standard InChI is InChI=1S/C19H24N2O5/c1-5-19(18(24)26-6-2)14-13(16(22)21(3)17(14)23)15(20-19)11-7-9-12(25-4)10-8-11/h7-10,13-15,20H,5-6H2,1-4H3/p+1/t13-,14+,15-,19+/m0/s1. The number of hydrogen-bond acceptors (Lipinski definition) is 5. The zero-order valence-corrected chi connectivity index (χ0v) is 15.5. The number of imide groups is 1. The number of methoxy groups -OCH3 is 1. The number of nitrogens with two attached hydrogens (primary N) is 1. The first-order valence-corrected chi connectivity index (χ1v) is 8.89. The van der Waals surface area contributed by atoms with Crippen LogP contribution < -0.4 is 10.1 Å². The number of amides is 2. The van der Waals surface area contributed by atoms with E-state index in [4.69, 9.17) is 9.47 Å². The second-order valence-corrected chi connectivity index (χ2v) is 6.82. The number of carbonyl (C=O) groups is 3. The monoisotopic (exact) mass is 361 g/mol. The highest BCUT2D eigenvalue weighted by atomic mass is 16.5. The van der Waals surface area contributed by atoms with Crippen molar-refractivity contribution < 1.29 is 29.2 Å². The maximum atomic E-state index is 12.8. The molecule has 2 fully saturated rings. The molecular weight excluding hydrogens is 336 g/mol. The molecule has 2 heterocycles. The molecule has 2 amide bonds. The lowest BCUT2D eigenvalue weighted by molar-refractivity contribution is -0.734. The minimum Gasteiger partial charge on any atom is -0.497 e. The summed E-state index contributed by atoms with van der Waals surface area (Å²) >= 11 is 0. The Balaban J connectivity index is 2.07. The molecule has 0 aromatic heterocycles. The van der Waals surface area contributed by atoms with Crippen molar-refractivity contribution in [2.24, 2.45) is 11.8 Å². The van der Waals surface area contributed by atoms with E-state index in [0.717, 1.165) is 10.5 Å². The fraction of sp³-hybridized carbons (Fsp3) is 0.526. The molecule has 0 saturated carbocycles. The Morgan fingerprint density at radius 3 is 2.38 bits per heavy atom. The average Bonchev–Trinajstić information content (AvgIpc) is 3.12. The summed E-state index contributed by atoms with van der Waals surface area (Å²) in [5.74, 6) is -1.55.